The first-order valence-corrected chi connectivity index (χ1v) is 6.18. The number of hydrogen-bond donors (Lipinski definition) is 2. The number of hydrogen-bond acceptors (Lipinski definition) is 3. The zero-order valence-corrected chi connectivity index (χ0v) is 11.0. The van der Waals surface area contributed by atoms with E-state index in [9.17, 15) is 9.59 Å². The molecule has 0 aliphatic carbocycles. The highest BCUT2D eigenvalue weighted by Crippen LogP contribution is 2.23. The highest BCUT2D eigenvalue weighted by molar-refractivity contribution is 6.02. The van der Waals surface area contributed by atoms with Gasteiger partial charge in [-0.25, -0.2) is 4.79 Å². The third-order valence-corrected chi connectivity index (χ3v) is 2.46. The fourth-order valence-corrected chi connectivity index (χ4v) is 1.59. The normalized spacial score (nSPS) is 10.3. The van der Waals surface area contributed by atoms with Crippen molar-refractivity contribution in [1.82, 2.24) is 0 Å². The van der Waals surface area contributed by atoms with E-state index < -0.39 is 11.9 Å². The Morgan fingerprint density at radius 2 is 1.67 bits per heavy atom. The van der Waals surface area contributed by atoms with Gasteiger partial charge in [-0.05, 0) is 24.3 Å². The van der Waals surface area contributed by atoms with Gasteiger partial charge in [0.05, 0.1) is 0 Å². The van der Waals surface area contributed by atoms with E-state index >= 15 is 0 Å². The molecule has 0 saturated heterocycles. The molecule has 0 bridgehead atoms. The maximum atomic E-state index is 11.5. The van der Waals surface area contributed by atoms with Crippen LogP contribution in [0.1, 0.15) is 0 Å². The van der Waals surface area contributed by atoms with E-state index in [4.69, 9.17) is 9.84 Å². The van der Waals surface area contributed by atoms with Crippen molar-refractivity contribution in [2.24, 2.45) is 0 Å². The molecule has 0 heterocycles. The number of carbonyl (C=O) groups excluding carboxylic acids is 1. The molecule has 0 aromatic heterocycles. The van der Waals surface area contributed by atoms with Gasteiger partial charge < -0.3 is 15.2 Å². The van der Waals surface area contributed by atoms with Gasteiger partial charge in [0.1, 0.15) is 11.5 Å². The Bertz CT molecular complexity index is 665. The number of carboxylic acids is 1. The van der Waals surface area contributed by atoms with Crippen LogP contribution in [0.4, 0.5) is 5.69 Å². The molecule has 2 N–H and O–H groups in total. The number of amides is 1. The van der Waals surface area contributed by atoms with E-state index in [1.54, 1.807) is 24.3 Å². The van der Waals surface area contributed by atoms with E-state index in [-0.39, 0.29) is 0 Å². The molecule has 0 unspecified atom stereocenters. The molecule has 0 aliphatic heterocycles. The Kier molecular flexibility index (Phi) is 4.71. The molecular formula is C16H13NO4. The summed E-state index contributed by atoms with van der Waals surface area (Å²) in [6.07, 6.45) is 1.73. The van der Waals surface area contributed by atoms with Crippen LogP contribution < -0.4 is 10.1 Å². The van der Waals surface area contributed by atoms with Crippen LogP contribution in [0.3, 0.4) is 0 Å². The highest BCUT2D eigenvalue weighted by atomic mass is 16.5. The molecule has 0 fully saturated rings. The monoisotopic (exact) mass is 283 g/mol. The van der Waals surface area contributed by atoms with E-state index in [0.29, 0.717) is 17.2 Å². The van der Waals surface area contributed by atoms with Crippen molar-refractivity contribution in [2.45, 2.75) is 0 Å². The number of aliphatic carboxylic acids is 1. The summed E-state index contributed by atoms with van der Waals surface area (Å²) in [5.74, 6) is -0.437. The second kappa shape index (κ2) is 6.91. The van der Waals surface area contributed by atoms with Gasteiger partial charge in [0.15, 0.2) is 0 Å². The summed E-state index contributed by atoms with van der Waals surface area (Å²) in [6, 6.07) is 16.1. The summed E-state index contributed by atoms with van der Waals surface area (Å²) in [4.78, 5) is 21.8. The van der Waals surface area contributed by atoms with E-state index in [2.05, 4.69) is 5.32 Å². The van der Waals surface area contributed by atoms with Crippen molar-refractivity contribution in [3.63, 3.8) is 0 Å². The topological polar surface area (TPSA) is 75.6 Å². The van der Waals surface area contributed by atoms with Gasteiger partial charge in [0.2, 0.25) is 5.91 Å². The molecule has 106 valence electrons. The lowest BCUT2D eigenvalue weighted by atomic mass is 10.3. The Morgan fingerprint density at radius 1 is 0.952 bits per heavy atom. The first-order chi connectivity index (χ1) is 10.1. The van der Waals surface area contributed by atoms with Gasteiger partial charge in [0.25, 0.3) is 0 Å². The Labute approximate surface area is 121 Å². The van der Waals surface area contributed by atoms with E-state index in [0.717, 1.165) is 12.2 Å². The lowest BCUT2D eigenvalue weighted by molar-refractivity contribution is -0.131. The van der Waals surface area contributed by atoms with Gasteiger partial charge in [-0.1, -0.05) is 24.3 Å². The van der Waals surface area contributed by atoms with Crippen LogP contribution in [-0.4, -0.2) is 17.0 Å². The zero-order valence-electron chi connectivity index (χ0n) is 11.0. The number of anilines is 1. The summed E-state index contributed by atoms with van der Waals surface area (Å²) < 4.78 is 5.64. The van der Waals surface area contributed by atoms with Gasteiger partial charge in [-0.3, -0.25) is 4.79 Å². The smallest absolute Gasteiger partial charge is 0.328 e. The molecule has 5 nitrogen and oxygen atoms in total. The molecule has 21 heavy (non-hydrogen) atoms. The van der Waals surface area contributed by atoms with Crippen molar-refractivity contribution >= 4 is 17.6 Å². The minimum atomic E-state index is -1.17. The number of nitrogens with one attached hydrogen (secondary N) is 1. The Balaban J connectivity index is 2.04. The molecule has 2 aromatic rings. The number of ether oxygens (including phenoxy) is 1. The molecule has 0 saturated carbocycles. The van der Waals surface area contributed by atoms with Crippen molar-refractivity contribution in [2.75, 3.05) is 5.32 Å². The number of rotatable bonds is 5. The first kappa shape index (κ1) is 14.3. The van der Waals surface area contributed by atoms with Crippen LogP contribution >= 0.6 is 0 Å². The zero-order chi connectivity index (χ0) is 15.1. The molecule has 0 atom stereocenters. The van der Waals surface area contributed by atoms with Gasteiger partial charge in [-0.2, -0.15) is 0 Å². The first-order valence-electron chi connectivity index (χ1n) is 6.18. The minimum absolute atomic E-state index is 0.517. The van der Waals surface area contributed by atoms with E-state index in [1.807, 2.05) is 30.3 Å². The molecule has 2 aromatic carbocycles. The number of para-hydroxylation sites is 1. The molecular weight excluding hydrogens is 270 g/mol. The lowest BCUT2D eigenvalue weighted by Gasteiger charge is -2.07. The van der Waals surface area contributed by atoms with Crippen molar-refractivity contribution in [3.8, 4) is 11.5 Å². The average Bonchev–Trinajstić information content (AvgIpc) is 2.46. The third-order valence-electron chi connectivity index (χ3n) is 2.46. The number of carboxylic acid groups (broad SMARTS) is 1. The highest BCUT2D eigenvalue weighted by Gasteiger charge is 2.02. The second-order valence-corrected chi connectivity index (χ2v) is 4.10. The third kappa shape index (κ3) is 4.83. The SMILES string of the molecule is O=C(O)/C=C/C(=O)Nc1cccc(Oc2ccccc2)c1. The van der Waals surface area contributed by atoms with Crippen LogP contribution in [0.15, 0.2) is 66.7 Å². The van der Waals surface area contributed by atoms with Crippen molar-refractivity contribution < 1.29 is 19.4 Å². The minimum Gasteiger partial charge on any atom is -0.478 e. The van der Waals surface area contributed by atoms with Crippen molar-refractivity contribution in [1.29, 1.82) is 0 Å². The number of carbonyl (C=O) groups is 2. The molecule has 0 radical (unpaired) electrons. The number of benzene rings is 2. The Morgan fingerprint density at radius 3 is 2.38 bits per heavy atom. The summed E-state index contributed by atoms with van der Waals surface area (Å²) in [7, 11) is 0. The molecule has 1 amide bonds. The fraction of sp³-hybridized carbons (Fsp3) is 0. The lowest BCUT2D eigenvalue weighted by Crippen LogP contribution is -2.08. The standard InChI is InChI=1S/C16H13NO4/c18-15(9-10-16(19)20)17-12-5-4-8-14(11-12)21-13-6-2-1-3-7-13/h1-11H,(H,17,18)(H,19,20)/b10-9+. The maximum Gasteiger partial charge on any atom is 0.328 e. The van der Waals surface area contributed by atoms with Crippen LogP contribution in [0, 0.1) is 0 Å². The van der Waals surface area contributed by atoms with E-state index in [1.165, 1.54) is 0 Å². The molecule has 2 rings (SSSR count). The van der Waals surface area contributed by atoms with Crippen LogP contribution in [-0.2, 0) is 9.59 Å². The summed E-state index contributed by atoms with van der Waals surface area (Å²) >= 11 is 0. The molecule has 0 spiro atoms. The summed E-state index contributed by atoms with van der Waals surface area (Å²) in [6.45, 7) is 0. The molecule has 5 heteroatoms. The van der Waals surface area contributed by atoms with Crippen LogP contribution in [0.25, 0.3) is 0 Å². The van der Waals surface area contributed by atoms with Gasteiger partial charge >= 0.3 is 5.97 Å². The Hall–Kier alpha value is -3.08. The summed E-state index contributed by atoms with van der Waals surface area (Å²) in [5, 5.41) is 11.0. The fourth-order valence-electron chi connectivity index (χ4n) is 1.59. The van der Waals surface area contributed by atoms with Crippen molar-refractivity contribution in [3.05, 3.63) is 66.7 Å². The second-order valence-electron chi connectivity index (χ2n) is 4.10. The molecule has 0 aliphatic rings. The maximum absolute atomic E-state index is 11.5. The van der Waals surface area contributed by atoms with Gasteiger partial charge in [-0.15, -0.1) is 0 Å². The largest absolute Gasteiger partial charge is 0.478 e. The summed E-state index contributed by atoms with van der Waals surface area (Å²) in [5.41, 5.74) is 0.517. The predicted octanol–water partition coefficient (Wildman–Crippen LogP) is 3.06. The van der Waals surface area contributed by atoms with Crippen LogP contribution in [0.2, 0.25) is 0 Å². The van der Waals surface area contributed by atoms with Crippen LogP contribution in [0.5, 0.6) is 11.5 Å². The quantitative estimate of drug-likeness (QED) is 0.827. The van der Waals surface area contributed by atoms with Gasteiger partial charge in [0, 0.05) is 23.9 Å². The average molecular weight is 283 g/mol. The predicted molar refractivity (Wildman–Crippen MR) is 78.4 cm³/mol.